The second-order valence-corrected chi connectivity index (χ2v) is 4.15. The third-order valence-electron chi connectivity index (χ3n) is 1.95. The van der Waals surface area contributed by atoms with Crippen molar-refractivity contribution in [2.45, 2.75) is 30.6 Å². The first-order valence-electron chi connectivity index (χ1n) is 4.34. The van der Waals surface area contributed by atoms with Gasteiger partial charge in [-0.2, -0.15) is 8.42 Å². The Bertz CT molecular complexity index is 307. The number of ether oxygens (including phenoxy) is 1. The third-order valence-corrected chi connectivity index (χ3v) is 1.95. The summed E-state index contributed by atoms with van der Waals surface area (Å²) in [5, 5.41) is 36.1. The van der Waals surface area contributed by atoms with Crippen molar-refractivity contribution >= 4 is 10.4 Å². The summed E-state index contributed by atoms with van der Waals surface area (Å²) >= 11 is 0. The molecule has 0 bridgehead atoms. The second kappa shape index (κ2) is 6.53. The molecule has 0 amide bonds. The maximum absolute atomic E-state index is 9.20. The van der Waals surface area contributed by atoms with E-state index in [-0.39, 0.29) is 0 Å². The molecular weight excluding hydrogens is 262 g/mol. The highest BCUT2D eigenvalue weighted by atomic mass is 32.3. The van der Waals surface area contributed by atoms with E-state index >= 15 is 0 Å². The van der Waals surface area contributed by atoms with Crippen LogP contribution in [0.1, 0.15) is 0 Å². The van der Waals surface area contributed by atoms with Gasteiger partial charge in [0.15, 0.2) is 6.29 Å². The van der Waals surface area contributed by atoms with Gasteiger partial charge in [0, 0.05) is 0 Å². The van der Waals surface area contributed by atoms with E-state index in [0.717, 1.165) is 0 Å². The van der Waals surface area contributed by atoms with Crippen LogP contribution in [0.3, 0.4) is 0 Å². The Balaban J connectivity index is 0.000000437. The highest BCUT2D eigenvalue weighted by Crippen LogP contribution is 2.17. The van der Waals surface area contributed by atoms with Crippen LogP contribution in [0.15, 0.2) is 0 Å². The van der Waals surface area contributed by atoms with Crippen molar-refractivity contribution in [2.24, 2.45) is 5.73 Å². The van der Waals surface area contributed by atoms with Crippen molar-refractivity contribution in [3.8, 4) is 0 Å². The first kappa shape index (κ1) is 16.6. The first-order valence-corrected chi connectivity index (χ1v) is 5.73. The van der Waals surface area contributed by atoms with Gasteiger partial charge in [-0.15, -0.1) is 0 Å². The Morgan fingerprint density at radius 2 is 1.53 bits per heavy atom. The zero-order valence-corrected chi connectivity index (χ0v) is 9.30. The lowest BCUT2D eigenvalue weighted by Gasteiger charge is -2.38. The number of aliphatic hydroxyl groups excluding tert-OH is 4. The highest BCUT2D eigenvalue weighted by molar-refractivity contribution is 7.79. The lowest BCUT2D eigenvalue weighted by Crippen LogP contribution is -2.61. The highest BCUT2D eigenvalue weighted by Gasteiger charge is 2.41. The molecule has 17 heavy (non-hydrogen) atoms. The fraction of sp³-hybridized carbons (Fsp3) is 1.00. The minimum atomic E-state index is -4.67. The molecule has 0 aromatic carbocycles. The summed E-state index contributed by atoms with van der Waals surface area (Å²) in [5.41, 5.74) is 5.26. The summed E-state index contributed by atoms with van der Waals surface area (Å²) in [4.78, 5) is 0. The molecule has 1 fully saturated rings. The van der Waals surface area contributed by atoms with Crippen LogP contribution in [0.2, 0.25) is 0 Å². The van der Waals surface area contributed by atoms with Gasteiger partial charge in [0.1, 0.15) is 18.3 Å². The zero-order chi connectivity index (χ0) is 13.8. The fourth-order valence-electron chi connectivity index (χ4n) is 1.12. The first-order chi connectivity index (χ1) is 7.57. The predicted molar refractivity (Wildman–Crippen MR) is 52.1 cm³/mol. The van der Waals surface area contributed by atoms with Gasteiger partial charge in [0.05, 0.1) is 12.6 Å². The molecule has 1 aliphatic heterocycles. The van der Waals surface area contributed by atoms with Crippen LogP contribution < -0.4 is 5.73 Å². The Hall–Kier alpha value is -0.370. The minimum Gasteiger partial charge on any atom is -0.394 e. The van der Waals surface area contributed by atoms with Gasteiger partial charge < -0.3 is 30.9 Å². The molecule has 0 unspecified atom stereocenters. The van der Waals surface area contributed by atoms with Crippen LogP contribution in [0.25, 0.3) is 0 Å². The summed E-state index contributed by atoms with van der Waals surface area (Å²) in [6.07, 6.45) is -4.85. The van der Waals surface area contributed by atoms with Crippen LogP contribution >= 0.6 is 0 Å². The van der Waals surface area contributed by atoms with E-state index in [2.05, 4.69) is 0 Å². The average molecular weight is 277 g/mol. The van der Waals surface area contributed by atoms with E-state index in [0.29, 0.717) is 0 Å². The number of hydrogen-bond donors (Lipinski definition) is 7. The minimum absolute atomic E-state index is 0.470. The standard InChI is InChI=1S/C6H13NO5.H2O4S/c7-3-5(10)4(9)2(1-8)12-6(3)11;1-5(2,3)4/h2-6,8-11H,1,7H2;(H2,1,2,3,4)/t2-,3-,4+,5-,6+;/m1./s1. The molecule has 1 aliphatic rings. The summed E-state index contributed by atoms with van der Waals surface area (Å²) < 4.78 is 36.3. The zero-order valence-electron chi connectivity index (χ0n) is 8.49. The third kappa shape index (κ3) is 6.21. The summed E-state index contributed by atoms with van der Waals surface area (Å²) in [6.45, 7) is -0.470. The molecule has 0 radical (unpaired) electrons. The van der Waals surface area contributed by atoms with Crippen molar-refractivity contribution in [1.82, 2.24) is 0 Å². The van der Waals surface area contributed by atoms with Crippen molar-refractivity contribution in [3.05, 3.63) is 0 Å². The molecule has 11 heteroatoms. The van der Waals surface area contributed by atoms with Crippen molar-refractivity contribution < 1.29 is 42.7 Å². The average Bonchev–Trinajstić information content (AvgIpc) is 2.18. The Kier molecular flexibility index (Phi) is 6.39. The van der Waals surface area contributed by atoms with Crippen molar-refractivity contribution in [3.63, 3.8) is 0 Å². The van der Waals surface area contributed by atoms with E-state index in [1.165, 1.54) is 0 Å². The number of rotatable bonds is 1. The quantitative estimate of drug-likeness (QED) is 0.233. The number of nitrogens with two attached hydrogens (primary N) is 1. The van der Waals surface area contributed by atoms with Gasteiger partial charge in [-0.3, -0.25) is 9.11 Å². The van der Waals surface area contributed by atoms with Crippen molar-refractivity contribution in [2.75, 3.05) is 6.61 Å². The molecule has 0 aromatic heterocycles. The Morgan fingerprint density at radius 3 is 1.88 bits per heavy atom. The van der Waals surface area contributed by atoms with Crippen LogP contribution in [0.4, 0.5) is 0 Å². The van der Waals surface area contributed by atoms with Crippen LogP contribution in [0.5, 0.6) is 0 Å². The number of hydrogen-bond acceptors (Lipinski definition) is 8. The molecule has 0 aromatic rings. The molecule has 1 heterocycles. The van der Waals surface area contributed by atoms with E-state index in [4.69, 9.17) is 38.2 Å². The van der Waals surface area contributed by atoms with E-state index in [9.17, 15) is 10.2 Å². The van der Waals surface area contributed by atoms with Crippen molar-refractivity contribution in [1.29, 1.82) is 0 Å². The molecule has 0 saturated carbocycles. The van der Waals surface area contributed by atoms with E-state index in [1.807, 2.05) is 0 Å². The molecule has 0 spiro atoms. The molecule has 10 nitrogen and oxygen atoms in total. The molecule has 0 aliphatic carbocycles. The molecule has 8 N–H and O–H groups in total. The van der Waals surface area contributed by atoms with E-state index < -0.39 is 47.6 Å². The topological polar surface area (TPSA) is 191 Å². The Morgan fingerprint density at radius 1 is 1.12 bits per heavy atom. The molecule has 1 rings (SSSR count). The van der Waals surface area contributed by atoms with Gasteiger partial charge in [0.2, 0.25) is 0 Å². The van der Waals surface area contributed by atoms with Crippen LogP contribution in [0, 0.1) is 0 Å². The van der Waals surface area contributed by atoms with Crippen LogP contribution in [-0.4, -0.2) is 75.2 Å². The largest absolute Gasteiger partial charge is 0.394 e. The summed E-state index contributed by atoms with van der Waals surface area (Å²) in [6, 6.07) is -1.04. The molecular formula is C6H15NO9S. The normalized spacial score (nSPS) is 38.2. The smallest absolute Gasteiger partial charge is 0.394 e. The Labute approximate surface area is 96.8 Å². The lowest BCUT2D eigenvalue weighted by atomic mass is 9.98. The van der Waals surface area contributed by atoms with Gasteiger partial charge >= 0.3 is 10.4 Å². The van der Waals surface area contributed by atoms with Gasteiger partial charge in [-0.1, -0.05) is 0 Å². The molecule has 1 saturated heterocycles. The second-order valence-electron chi connectivity index (χ2n) is 3.25. The number of aliphatic hydroxyl groups is 4. The molecule has 5 atom stereocenters. The maximum atomic E-state index is 9.20. The predicted octanol–water partition coefficient (Wildman–Crippen LogP) is -3.91. The van der Waals surface area contributed by atoms with Gasteiger partial charge in [-0.25, -0.2) is 0 Å². The SMILES string of the molecule is N[C@@H]1[C@@H](O)[C@@H](O)[C@@H](CO)O[C@@H]1O.O=S(=O)(O)O. The monoisotopic (exact) mass is 277 g/mol. The van der Waals surface area contributed by atoms with E-state index in [1.54, 1.807) is 0 Å². The molecule has 104 valence electrons. The fourth-order valence-corrected chi connectivity index (χ4v) is 1.12. The summed E-state index contributed by atoms with van der Waals surface area (Å²) in [7, 11) is -4.67. The lowest BCUT2D eigenvalue weighted by molar-refractivity contribution is -0.248. The van der Waals surface area contributed by atoms with Gasteiger partial charge in [0.25, 0.3) is 0 Å². The maximum Gasteiger partial charge on any atom is 0.394 e. The summed E-state index contributed by atoms with van der Waals surface area (Å²) in [5.74, 6) is 0. The van der Waals surface area contributed by atoms with Crippen LogP contribution in [-0.2, 0) is 15.1 Å². The van der Waals surface area contributed by atoms with Gasteiger partial charge in [-0.05, 0) is 0 Å².